The van der Waals surface area contributed by atoms with E-state index in [1.54, 1.807) is 4.90 Å². The predicted molar refractivity (Wildman–Crippen MR) is 68.0 cm³/mol. The summed E-state index contributed by atoms with van der Waals surface area (Å²) < 4.78 is 0. The number of carboxylic acid groups (broad SMARTS) is 1. The number of urea groups is 1. The minimum atomic E-state index is -1.10. The van der Waals surface area contributed by atoms with Crippen molar-refractivity contribution in [1.82, 2.24) is 10.2 Å². The minimum absolute atomic E-state index is 0.00231. The maximum absolute atomic E-state index is 12.1. The van der Waals surface area contributed by atoms with E-state index in [1.807, 2.05) is 13.8 Å². The fraction of sp³-hybridized carbons (Fsp3) is 0.692. The highest BCUT2D eigenvalue weighted by molar-refractivity contribution is 5.83. The van der Waals surface area contributed by atoms with Gasteiger partial charge in [0.05, 0.1) is 0 Å². The summed E-state index contributed by atoms with van der Waals surface area (Å²) in [6, 6.07) is -1.08. The fourth-order valence-electron chi connectivity index (χ4n) is 2.36. The molecule has 0 saturated carbocycles. The molecule has 1 saturated heterocycles. The van der Waals surface area contributed by atoms with E-state index >= 15 is 0 Å². The molecule has 100 valence electrons. The second-order valence-corrected chi connectivity index (χ2v) is 4.78. The number of carboxylic acids is 1. The smallest absolute Gasteiger partial charge is 0.327 e. The molecule has 0 aromatic rings. The van der Waals surface area contributed by atoms with Crippen molar-refractivity contribution in [3.05, 3.63) is 0 Å². The number of piperidine rings is 1. The Kier molecular flexibility index (Phi) is 5.02. The highest BCUT2D eigenvalue weighted by Crippen LogP contribution is 2.22. The predicted octanol–water partition coefficient (Wildman–Crippen LogP) is 1.44. The van der Waals surface area contributed by atoms with Crippen LogP contribution in [0.15, 0.2) is 0 Å². The Morgan fingerprint density at radius 1 is 1.44 bits per heavy atom. The van der Waals surface area contributed by atoms with Gasteiger partial charge in [0.2, 0.25) is 0 Å². The molecule has 2 amide bonds. The summed E-state index contributed by atoms with van der Waals surface area (Å²) >= 11 is 0. The number of terminal acetylenes is 1. The van der Waals surface area contributed by atoms with E-state index in [4.69, 9.17) is 11.5 Å². The number of carbonyl (C=O) groups is 2. The van der Waals surface area contributed by atoms with Gasteiger partial charge in [-0.2, -0.15) is 0 Å². The third-order valence-corrected chi connectivity index (χ3v) is 3.35. The molecule has 0 bridgehead atoms. The van der Waals surface area contributed by atoms with Gasteiger partial charge in [0, 0.05) is 18.5 Å². The summed E-state index contributed by atoms with van der Waals surface area (Å²) in [6.45, 7) is 3.96. The first kappa shape index (κ1) is 14.4. The van der Waals surface area contributed by atoms with Crippen LogP contribution in [0.5, 0.6) is 0 Å². The van der Waals surface area contributed by atoms with Crippen LogP contribution in [0.25, 0.3) is 0 Å². The van der Waals surface area contributed by atoms with Crippen LogP contribution in [0.2, 0.25) is 0 Å². The van der Waals surface area contributed by atoms with Crippen LogP contribution in [-0.4, -0.2) is 40.1 Å². The molecule has 0 spiro atoms. The number of likely N-dealkylation sites (tertiary alicyclic amines) is 1. The van der Waals surface area contributed by atoms with Gasteiger partial charge >= 0.3 is 12.0 Å². The standard InChI is InChI=1S/C13H20N2O3/c1-4-6-11(12(16)17)14-13(18)15-9(2)7-5-8-10(15)3/h1,9-11H,5-8H2,2-3H3,(H,14,18)(H,16,17). The second-order valence-electron chi connectivity index (χ2n) is 4.78. The molecule has 0 aromatic heterocycles. The zero-order valence-electron chi connectivity index (χ0n) is 10.8. The van der Waals surface area contributed by atoms with Gasteiger partial charge in [0.15, 0.2) is 0 Å². The summed E-state index contributed by atoms with van der Waals surface area (Å²) in [5.74, 6) is 1.17. The number of carbonyl (C=O) groups excluding carboxylic acids is 1. The van der Waals surface area contributed by atoms with E-state index in [0.29, 0.717) is 0 Å². The zero-order chi connectivity index (χ0) is 13.7. The van der Waals surface area contributed by atoms with Crippen LogP contribution in [0.1, 0.15) is 39.5 Å². The first-order valence-electron chi connectivity index (χ1n) is 6.22. The molecule has 0 aliphatic carbocycles. The summed E-state index contributed by atoms with van der Waals surface area (Å²) in [5, 5.41) is 11.4. The van der Waals surface area contributed by atoms with Crippen molar-refractivity contribution in [3.63, 3.8) is 0 Å². The lowest BCUT2D eigenvalue weighted by atomic mass is 9.98. The van der Waals surface area contributed by atoms with E-state index in [9.17, 15) is 9.59 Å². The van der Waals surface area contributed by atoms with Crippen molar-refractivity contribution >= 4 is 12.0 Å². The van der Waals surface area contributed by atoms with Gasteiger partial charge in [-0.1, -0.05) is 0 Å². The maximum atomic E-state index is 12.1. The number of rotatable bonds is 3. The quantitative estimate of drug-likeness (QED) is 0.747. The van der Waals surface area contributed by atoms with Gasteiger partial charge < -0.3 is 15.3 Å². The lowest BCUT2D eigenvalue weighted by Gasteiger charge is -2.39. The Labute approximate surface area is 108 Å². The molecule has 1 rings (SSSR count). The molecule has 0 radical (unpaired) electrons. The summed E-state index contributed by atoms with van der Waals surface area (Å²) in [6.07, 6.45) is 8.09. The number of nitrogens with zero attached hydrogens (tertiary/aromatic N) is 1. The molecular weight excluding hydrogens is 232 g/mol. The van der Waals surface area contributed by atoms with Crippen LogP contribution in [0, 0.1) is 12.3 Å². The molecule has 3 atom stereocenters. The van der Waals surface area contributed by atoms with Crippen molar-refractivity contribution in [1.29, 1.82) is 0 Å². The summed E-state index contributed by atoms with van der Waals surface area (Å²) in [5.41, 5.74) is 0. The molecule has 1 heterocycles. The Morgan fingerprint density at radius 3 is 2.44 bits per heavy atom. The molecular formula is C13H20N2O3. The third kappa shape index (κ3) is 3.39. The largest absolute Gasteiger partial charge is 0.480 e. The maximum Gasteiger partial charge on any atom is 0.327 e. The zero-order valence-corrected chi connectivity index (χ0v) is 10.8. The molecule has 5 nitrogen and oxygen atoms in total. The molecule has 5 heteroatoms. The van der Waals surface area contributed by atoms with Crippen molar-refractivity contribution in [2.24, 2.45) is 0 Å². The molecule has 1 aliphatic heterocycles. The van der Waals surface area contributed by atoms with Crippen LogP contribution >= 0.6 is 0 Å². The minimum Gasteiger partial charge on any atom is -0.480 e. The number of hydrogen-bond acceptors (Lipinski definition) is 2. The Hall–Kier alpha value is -1.70. The Balaban J connectivity index is 2.68. The summed E-state index contributed by atoms with van der Waals surface area (Å²) in [4.78, 5) is 24.8. The Morgan fingerprint density at radius 2 is 2.00 bits per heavy atom. The Bertz CT molecular complexity index is 352. The van der Waals surface area contributed by atoms with Crippen LogP contribution < -0.4 is 5.32 Å². The van der Waals surface area contributed by atoms with E-state index in [2.05, 4.69) is 11.2 Å². The van der Waals surface area contributed by atoms with Gasteiger partial charge in [-0.05, 0) is 33.1 Å². The molecule has 18 heavy (non-hydrogen) atoms. The van der Waals surface area contributed by atoms with Crippen molar-refractivity contribution in [2.45, 2.75) is 57.7 Å². The lowest BCUT2D eigenvalue weighted by Crippen LogP contribution is -2.55. The van der Waals surface area contributed by atoms with E-state index in [1.165, 1.54) is 0 Å². The van der Waals surface area contributed by atoms with Gasteiger partial charge in [-0.15, -0.1) is 12.3 Å². The van der Waals surface area contributed by atoms with Crippen molar-refractivity contribution in [2.75, 3.05) is 0 Å². The molecule has 1 aliphatic rings. The van der Waals surface area contributed by atoms with Gasteiger partial charge in [-0.3, -0.25) is 0 Å². The average molecular weight is 252 g/mol. The topological polar surface area (TPSA) is 69.6 Å². The van der Waals surface area contributed by atoms with Gasteiger partial charge in [0.25, 0.3) is 0 Å². The molecule has 3 unspecified atom stereocenters. The van der Waals surface area contributed by atoms with Crippen LogP contribution in [-0.2, 0) is 4.79 Å². The third-order valence-electron chi connectivity index (χ3n) is 3.35. The average Bonchev–Trinajstić information content (AvgIpc) is 2.28. The number of hydrogen-bond donors (Lipinski definition) is 2. The molecule has 2 N–H and O–H groups in total. The molecule has 1 fully saturated rings. The van der Waals surface area contributed by atoms with E-state index in [-0.39, 0.29) is 24.5 Å². The van der Waals surface area contributed by atoms with Gasteiger partial charge in [-0.25, -0.2) is 9.59 Å². The van der Waals surface area contributed by atoms with E-state index < -0.39 is 12.0 Å². The highest BCUT2D eigenvalue weighted by atomic mass is 16.4. The number of nitrogens with one attached hydrogen (secondary N) is 1. The first-order chi connectivity index (χ1) is 8.47. The van der Waals surface area contributed by atoms with Gasteiger partial charge in [0.1, 0.15) is 6.04 Å². The number of amides is 2. The molecule has 0 aromatic carbocycles. The second kappa shape index (κ2) is 6.29. The first-order valence-corrected chi connectivity index (χ1v) is 6.22. The van der Waals surface area contributed by atoms with E-state index in [0.717, 1.165) is 19.3 Å². The SMILES string of the molecule is C#CCC(NC(=O)N1C(C)CCCC1C)C(=O)O. The lowest BCUT2D eigenvalue weighted by molar-refractivity contribution is -0.139. The van der Waals surface area contributed by atoms with Crippen molar-refractivity contribution in [3.8, 4) is 12.3 Å². The fourth-order valence-corrected chi connectivity index (χ4v) is 2.36. The summed E-state index contributed by atoms with van der Waals surface area (Å²) in [7, 11) is 0. The highest BCUT2D eigenvalue weighted by Gasteiger charge is 2.31. The normalized spacial score (nSPS) is 25.1. The van der Waals surface area contributed by atoms with Crippen LogP contribution in [0.4, 0.5) is 4.79 Å². The number of aliphatic carboxylic acids is 1. The van der Waals surface area contributed by atoms with Crippen LogP contribution in [0.3, 0.4) is 0 Å². The monoisotopic (exact) mass is 252 g/mol. The van der Waals surface area contributed by atoms with Crippen molar-refractivity contribution < 1.29 is 14.7 Å².